The standard InChI is InChI=1S/C11H18N2S/c1-2-9-4-6-14-11(9)8-13-10-3-5-12-7-10/h4,6,10,12-13H,2-3,5,7-8H2,1H3. The van der Waals surface area contributed by atoms with Crippen LogP contribution in [-0.4, -0.2) is 19.1 Å². The molecule has 0 spiro atoms. The van der Waals surface area contributed by atoms with Gasteiger partial charge in [-0.05, 0) is 36.4 Å². The van der Waals surface area contributed by atoms with E-state index in [0.29, 0.717) is 6.04 Å². The summed E-state index contributed by atoms with van der Waals surface area (Å²) in [6.07, 6.45) is 2.43. The lowest BCUT2D eigenvalue weighted by molar-refractivity contribution is 0.549. The van der Waals surface area contributed by atoms with E-state index in [9.17, 15) is 0 Å². The van der Waals surface area contributed by atoms with Gasteiger partial charge in [0.25, 0.3) is 0 Å². The Morgan fingerprint density at radius 1 is 1.64 bits per heavy atom. The predicted molar refractivity (Wildman–Crippen MR) is 61.8 cm³/mol. The molecule has 14 heavy (non-hydrogen) atoms. The molecule has 2 rings (SSSR count). The second-order valence-corrected chi connectivity index (χ2v) is 4.79. The maximum Gasteiger partial charge on any atom is 0.0305 e. The molecule has 0 saturated carbocycles. The zero-order valence-corrected chi connectivity index (χ0v) is 9.49. The summed E-state index contributed by atoms with van der Waals surface area (Å²) in [6, 6.07) is 2.93. The number of thiophene rings is 1. The van der Waals surface area contributed by atoms with Crippen molar-refractivity contribution in [3.8, 4) is 0 Å². The van der Waals surface area contributed by atoms with Crippen molar-refractivity contribution in [3.63, 3.8) is 0 Å². The average molecular weight is 210 g/mol. The fourth-order valence-electron chi connectivity index (χ4n) is 1.90. The van der Waals surface area contributed by atoms with Crippen molar-refractivity contribution in [2.45, 2.75) is 32.4 Å². The van der Waals surface area contributed by atoms with Gasteiger partial charge in [-0.15, -0.1) is 11.3 Å². The van der Waals surface area contributed by atoms with Crippen molar-refractivity contribution in [1.29, 1.82) is 0 Å². The Bertz CT molecular complexity index is 277. The Labute approximate surface area is 89.7 Å². The highest BCUT2D eigenvalue weighted by Gasteiger charge is 2.13. The summed E-state index contributed by atoms with van der Waals surface area (Å²) >= 11 is 1.87. The molecule has 2 heterocycles. The number of aryl methyl sites for hydroxylation is 1. The lowest BCUT2D eigenvalue weighted by Gasteiger charge is -2.10. The number of hydrogen-bond acceptors (Lipinski definition) is 3. The first kappa shape index (κ1) is 10.1. The van der Waals surface area contributed by atoms with Gasteiger partial charge in [0.15, 0.2) is 0 Å². The molecule has 1 atom stereocenters. The van der Waals surface area contributed by atoms with Crippen LogP contribution in [0.2, 0.25) is 0 Å². The Morgan fingerprint density at radius 3 is 3.29 bits per heavy atom. The molecule has 1 aromatic rings. The van der Waals surface area contributed by atoms with Crippen LogP contribution in [0.15, 0.2) is 11.4 Å². The Kier molecular flexibility index (Phi) is 3.56. The molecule has 0 bridgehead atoms. The van der Waals surface area contributed by atoms with E-state index in [1.54, 1.807) is 0 Å². The van der Waals surface area contributed by atoms with E-state index in [0.717, 1.165) is 19.5 Å². The molecule has 0 aliphatic carbocycles. The van der Waals surface area contributed by atoms with Crippen LogP contribution in [0.25, 0.3) is 0 Å². The summed E-state index contributed by atoms with van der Waals surface area (Å²) in [7, 11) is 0. The first-order valence-electron chi connectivity index (χ1n) is 5.39. The molecule has 1 saturated heterocycles. The van der Waals surface area contributed by atoms with Crippen molar-refractivity contribution in [2.24, 2.45) is 0 Å². The minimum atomic E-state index is 0.682. The first-order chi connectivity index (χ1) is 6.90. The highest BCUT2D eigenvalue weighted by Crippen LogP contribution is 2.17. The van der Waals surface area contributed by atoms with Crippen LogP contribution in [0.4, 0.5) is 0 Å². The predicted octanol–water partition coefficient (Wildman–Crippen LogP) is 1.76. The van der Waals surface area contributed by atoms with Crippen molar-refractivity contribution < 1.29 is 0 Å². The Morgan fingerprint density at radius 2 is 2.57 bits per heavy atom. The van der Waals surface area contributed by atoms with E-state index in [4.69, 9.17) is 0 Å². The summed E-state index contributed by atoms with van der Waals surface area (Å²) in [4.78, 5) is 1.51. The van der Waals surface area contributed by atoms with Gasteiger partial charge in [0.2, 0.25) is 0 Å². The first-order valence-corrected chi connectivity index (χ1v) is 6.27. The number of rotatable bonds is 4. The van der Waals surface area contributed by atoms with Crippen LogP contribution in [0.3, 0.4) is 0 Å². The van der Waals surface area contributed by atoms with Gasteiger partial charge in [0.05, 0.1) is 0 Å². The van der Waals surface area contributed by atoms with Gasteiger partial charge < -0.3 is 10.6 Å². The van der Waals surface area contributed by atoms with Crippen molar-refractivity contribution in [1.82, 2.24) is 10.6 Å². The SMILES string of the molecule is CCc1ccsc1CNC1CCNC1. The molecule has 0 radical (unpaired) electrons. The number of nitrogens with one attached hydrogen (secondary N) is 2. The fraction of sp³-hybridized carbons (Fsp3) is 0.636. The van der Waals surface area contributed by atoms with Crippen LogP contribution in [0.1, 0.15) is 23.8 Å². The van der Waals surface area contributed by atoms with Crippen molar-refractivity contribution >= 4 is 11.3 Å². The molecule has 1 aliphatic heterocycles. The molecule has 0 amide bonds. The molecule has 1 aliphatic rings. The third kappa shape index (κ3) is 2.35. The summed E-state index contributed by atoms with van der Waals surface area (Å²) in [5.41, 5.74) is 1.51. The maximum absolute atomic E-state index is 3.61. The zero-order chi connectivity index (χ0) is 9.80. The van der Waals surface area contributed by atoms with Gasteiger partial charge in [-0.1, -0.05) is 6.92 Å². The molecule has 1 fully saturated rings. The van der Waals surface area contributed by atoms with Crippen LogP contribution < -0.4 is 10.6 Å². The highest BCUT2D eigenvalue weighted by atomic mass is 32.1. The summed E-state index contributed by atoms with van der Waals surface area (Å²) < 4.78 is 0. The molecule has 1 unspecified atom stereocenters. The summed E-state index contributed by atoms with van der Waals surface area (Å²) in [5.74, 6) is 0. The smallest absolute Gasteiger partial charge is 0.0305 e. The van der Waals surface area contributed by atoms with E-state index in [2.05, 4.69) is 29.0 Å². The fourth-order valence-corrected chi connectivity index (χ4v) is 2.83. The third-order valence-electron chi connectivity index (χ3n) is 2.83. The maximum atomic E-state index is 3.61. The van der Waals surface area contributed by atoms with Gasteiger partial charge in [-0.25, -0.2) is 0 Å². The molecule has 1 aromatic heterocycles. The average Bonchev–Trinajstić information content (AvgIpc) is 2.85. The normalized spacial score (nSPS) is 21.6. The monoisotopic (exact) mass is 210 g/mol. The molecular formula is C11H18N2S. The Hall–Kier alpha value is -0.380. The van der Waals surface area contributed by atoms with E-state index in [-0.39, 0.29) is 0 Å². The largest absolute Gasteiger partial charge is 0.315 e. The third-order valence-corrected chi connectivity index (χ3v) is 3.79. The van der Waals surface area contributed by atoms with Crippen molar-refractivity contribution in [3.05, 3.63) is 21.9 Å². The van der Waals surface area contributed by atoms with Gasteiger partial charge >= 0.3 is 0 Å². The van der Waals surface area contributed by atoms with Gasteiger partial charge in [-0.2, -0.15) is 0 Å². The van der Waals surface area contributed by atoms with Gasteiger partial charge in [-0.3, -0.25) is 0 Å². The van der Waals surface area contributed by atoms with Crippen LogP contribution >= 0.6 is 11.3 Å². The second kappa shape index (κ2) is 4.91. The molecule has 2 nitrogen and oxygen atoms in total. The van der Waals surface area contributed by atoms with Crippen LogP contribution in [0, 0.1) is 0 Å². The molecule has 0 aromatic carbocycles. The molecule has 3 heteroatoms. The molecular weight excluding hydrogens is 192 g/mol. The van der Waals surface area contributed by atoms with Crippen LogP contribution in [-0.2, 0) is 13.0 Å². The van der Waals surface area contributed by atoms with Crippen LogP contribution in [0.5, 0.6) is 0 Å². The summed E-state index contributed by atoms with van der Waals surface area (Å²) in [5, 5.41) is 9.18. The van der Waals surface area contributed by atoms with Gasteiger partial charge in [0, 0.05) is 24.0 Å². The van der Waals surface area contributed by atoms with E-state index in [1.165, 1.54) is 23.4 Å². The molecule has 2 N–H and O–H groups in total. The minimum absolute atomic E-state index is 0.682. The van der Waals surface area contributed by atoms with Crippen molar-refractivity contribution in [2.75, 3.05) is 13.1 Å². The van der Waals surface area contributed by atoms with E-state index >= 15 is 0 Å². The zero-order valence-electron chi connectivity index (χ0n) is 8.68. The Balaban J connectivity index is 1.84. The number of hydrogen-bond donors (Lipinski definition) is 2. The topological polar surface area (TPSA) is 24.1 Å². The lowest BCUT2D eigenvalue weighted by atomic mass is 10.2. The van der Waals surface area contributed by atoms with E-state index in [1.807, 2.05) is 11.3 Å². The highest BCUT2D eigenvalue weighted by molar-refractivity contribution is 7.10. The minimum Gasteiger partial charge on any atom is -0.315 e. The second-order valence-electron chi connectivity index (χ2n) is 3.79. The lowest BCUT2D eigenvalue weighted by Crippen LogP contribution is -2.30. The van der Waals surface area contributed by atoms with E-state index < -0.39 is 0 Å². The molecule has 78 valence electrons. The summed E-state index contributed by atoms with van der Waals surface area (Å²) in [6.45, 7) is 5.57. The quantitative estimate of drug-likeness (QED) is 0.791. The van der Waals surface area contributed by atoms with Gasteiger partial charge in [0.1, 0.15) is 0 Å².